The molecule has 0 spiro atoms. The SMILES string of the molecule is CCS(=O)N1CCC(O)(CO)C1. The lowest BCUT2D eigenvalue weighted by Gasteiger charge is -2.19. The first-order chi connectivity index (χ1) is 5.61. The molecule has 12 heavy (non-hydrogen) atoms. The van der Waals surface area contributed by atoms with E-state index in [9.17, 15) is 9.32 Å². The molecule has 0 bridgehead atoms. The predicted molar refractivity (Wildman–Crippen MR) is 46.9 cm³/mol. The maximum Gasteiger partial charge on any atom is 0.103 e. The van der Waals surface area contributed by atoms with Gasteiger partial charge >= 0.3 is 0 Å². The van der Waals surface area contributed by atoms with E-state index >= 15 is 0 Å². The molecule has 72 valence electrons. The van der Waals surface area contributed by atoms with Crippen molar-refractivity contribution >= 4 is 11.0 Å². The Labute approximate surface area is 74.8 Å². The highest BCUT2D eigenvalue weighted by Crippen LogP contribution is 2.21. The van der Waals surface area contributed by atoms with Gasteiger partial charge in [0.05, 0.1) is 17.6 Å². The molecule has 2 atom stereocenters. The average molecular weight is 193 g/mol. The second kappa shape index (κ2) is 3.83. The molecule has 1 aliphatic heterocycles. The summed E-state index contributed by atoms with van der Waals surface area (Å²) in [6.07, 6.45) is 0.509. The molecule has 4 nitrogen and oxygen atoms in total. The molecule has 2 unspecified atom stereocenters. The fourth-order valence-corrected chi connectivity index (χ4v) is 2.35. The summed E-state index contributed by atoms with van der Waals surface area (Å²) in [5, 5.41) is 18.4. The smallest absolute Gasteiger partial charge is 0.103 e. The van der Waals surface area contributed by atoms with Crippen LogP contribution in [0.15, 0.2) is 0 Å². The second-order valence-electron chi connectivity index (χ2n) is 3.11. The number of aliphatic hydroxyl groups excluding tert-OH is 1. The Hall–Kier alpha value is 0.0300. The Bertz CT molecular complexity index is 187. The zero-order chi connectivity index (χ0) is 9.19. The molecule has 0 radical (unpaired) electrons. The molecule has 0 amide bonds. The Kier molecular flexibility index (Phi) is 3.22. The van der Waals surface area contributed by atoms with Crippen LogP contribution in [0.25, 0.3) is 0 Å². The lowest BCUT2D eigenvalue weighted by atomic mass is 10.1. The summed E-state index contributed by atoms with van der Waals surface area (Å²) in [5.74, 6) is 0.571. The van der Waals surface area contributed by atoms with Gasteiger partial charge in [0.25, 0.3) is 0 Å². The van der Waals surface area contributed by atoms with Crippen molar-refractivity contribution in [3.05, 3.63) is 0 Å². The molecular weight excluding hydrogens is 178 g/mol. The van der Waals surface area contributed by atoms with Gasteiger partial charge in [0.2, 0.25) is 0 Å². The maximum atomic E-state index is 11.3. The molecule has 1 heterocycles. The van der Waals surface area contributed by atoms with E-state index in [2.05, 4.69) is 0 Å². The van der Waals surface area contributed by atoms with Crippen LogP contribution in [0.3, 0.4) is 0 Å². The molecule has 1 saturated heterocycles. The van der Waals surface area contributed by atoms with Crippen LogP contribution in [0.5, 0.6) is 0 Å². The Morgan fingerprint density at radius 1 is 1.67 bits per heavy atom. The van der Waals surface area contributed by atoms with Crippen molar-refractivity contribution in [3.63, 3.8) is 0 Å². The fraction of sp³-hybridized carbons (Fsp3) is 1.00. The van der Waals surface area contributed by atoms with Gasteiger partial charge in [-0.05, 0) is 6.42 Å². The molecule has 1 aliphatic rings. The summed E-state index contributed by atoms with van der Waals surface area (Å²) in [4.78, 5) is 0. The molecule has 0 aromatic carbocycles. The van der Waals surface area contributed by atoms with Gasteiger partial charge in [-0.25, -0.2) is 8.51 Å². The van der Waals surface area contributed by atoms with E-state index in [0.29, 0.717) is 25.3 Å². The minimum atomic E-state index is -1.02. The minimum absolute atomic E-state index is 0.246. The topological polar surface area (TPSA) is 60.8 Å². The Morgan fingerprint density at radius 2 is 2.33 bits per heavy atom. The maximum absolute atomic E-state index is 11.3. The normalized spacial score (nSPS) is 33.9. The molecule has 0 aliphatic carbocycles. The number of rotatable bonds is 3. The number of hydrogen-bond donors (Lipinski definition) is 2. The van der Waals surface area contributed by atoms with Crippen molar-refractivity contribution in [2.45, 2.75) is 18.9 Å². The predicted octanol–water partition coefficient (Wildman–Crippen LogP) is -0.901. The van der Waals surface area contributed by atoms with Gasteiger partial charge in [-0.3, -0.25) is 0 Å². The summed E-state index contributed by atoms with van der Waals surface area (Å²) in [6, 6.07) is 0. The first-order valence-corrected chi connectivity index (χ1v) is 5.35. The highest BCUT2D eigenvalue weighted by Gasteiger charge is 2.37. The van der Waals surface area contributed by atoms with E-state index in [-0.39, 0.29) is 6.61 Å². The van der Waals surface area contributed by atoms with Crippen LogP contribution in [-0.4, -0.2) is 49.8 Å². The largest absolute Gasteiger partial charge is 0.393 e. The van der Waals surface area contributed by atoms with E-state index in [1.807, 2.05) is 6.92 Å². The molecule has 0 aromatic rings. The van der Waals surface area contributed by atoms with E-state index in [1.54, 1.807) is 4.31 Å². The van der Waals surface area contributed by atoms with Crippen molar-refractivity contribution in [1.82, 2.24) is 4.31 Å². The highest BCUT2D eigenvalue weighted by atomic mass is 32.2. The van der Waals surface area contributed by atoms with Crippen LogP contribution in [0.2, 0.25) is 0 Å². The standard InChI is InChI=1S/C7H15NO3S/c1-2-12(11)8-4-3-7(10,5-8)6-9/h9-10H,2-6H2,1H3. The van der Waals surface area contributed by atoms with Crippen molar-refractivity contribution in [2.24, 2.45) is 0 Å². The van der Waals surface area contributed by atoms with E-state index < -0.39 is 16.6 Å². The van der Waals surface area contributed by atoms with Gasteiger partial charge in [0.1, 0.15) is 5.60 Å². The van der Waals surface area contributed by atoms with Crippen LogP contribution in [-0.2, 0) is 11.0 Å². The molecule has 2 N–H and O–H groups in total. The van der Waals surface area contributed by atoms with Crippen LogP contribution < -0.4 is 0 Å². The third-order valence-corrected chi connectivity index (χ3v) is 3.51. The zero-order valence-electron chi connectivity index (χ0n) is 7.19. The fourth-order valence-electron chi connectivity index (χ4n) is 1.30. The third kappa shape index (κ3) is 2.04. The summed E-state index contributed by atoms with van der Waals surface area (Å²) < 4.78 is 13.0. The molecule has 1 fully saturated rings. The van der Waals surface area contributed by atoms with Crippen LogP contribution in [0.4, 0.5) is 0 Å². The summed E-state index contributed by atoms with van der Waals surface area (Å²) in [7, 11) is -0.988. The zero-order valence-corrected chi connectivity index (χ0v) is 8.01. The van der Waals surface area contributed by atoms with Crippen LogP contribution >= 0.6 is 0 Å². The average Bonchev–Trinajstić information content (AvgIpc) is 2.48. The number of nitrogens with zero attached hydrogens (tertiary/aromatic N) is 1. The van der Waals surface area contributed by atoms with Crippen molar-refractivity contribution < 1.29 is 14.4 Å². The van der Waals surface area contributed by atoms with Crippen LogP contribution in [0, 0.1) is 0 Å². The molecule has 1 rings (SSSR count). The monoisotopic (exact) mass is 193 g/mol. The van der Waals surface area contributed by atoms with Gasteiger partial charge in [0, 0.05) is 18.8 Å². The van der Waals surface area contributed by atoms with Crippen LogP contribution in [0.1, 0.15) is 13.3 Å². The number of β-amino-alcohol motifs (C(OH)–C–C–N with tert-alkyl or cyclic N) is 1. The minimum Gasteiger partial charge on any atom is -0.393 e. The first kappa shape index (κ1) is 10.1. The molecule has 0 saturated carbocycles. The number of hydrogen-bond acceptors (Lipinski definition) is 3. The molecule has 0 aromatic heterocycles. The van der Waals surface area contributed by atoms with Crippen molar-refractivity contribution in [3.8, 4) is 0 Å². The molecule has 5 heteroatoms. The Balaban J connectivity index is 2.50. The third-order valence-electron chi connectivity index (χ3n) is 2.13. The Morgan fingerprint density at radius 3 is 2.75 bits per heavy atom. The van der Waals surface area contributed by atoms with E-state index in [4.69, 9.17) is 5.11 Å². The van der Waals surface area contributed by atoms with E-state index in [0.717, 1.165) is 0 Å². The first-order valence-electron chi connectivity index (χ1n) is 4.08. The summed E-state index contributed by atoms with van der Waals surface area (Å²) in [5.41, 5.74) is -1.02. The van der Waals surface area contributed by atoms with Gasteiger partial charge in [0.15, 0.2) is 0 Å². The van der Waals surface area contributed by atoms with Crippen molar-refractivity contribution in [2.75, 3.05) is 25.4 Å². The lowest BCUT2D eigenvalue weighted by Crippen LogP contribution is -2.37. The van der Waals surface area contributed by atoms with Gasteiger partial charge in [-0.2, -0.15) is 0 Å². The van der Waals surface area contributed by atoms with Gasteiger partial charge in [-0.1, -0.05) is 6.92 Å². The highest BCUT2D eigenvalue weighted by molar-refractivity contribution is 7.82. The molecular formula is C7H15NO3S. The lowest BCUT2D eigenvalue weighted by molar-refractivity contribution is -0.000496. The second-order valence-corrected chi connectivity index (χ2v) is 4.84. The quantitative estimate of drug-likeness (QED) is 0.610. The van der Waals surface area contributed by atoms with E-state index in [1.165, 1.54) is 0 Å². The van der Waals surface area contributed by atoms with Gasteiger partial charge < -0.3 is 10.2 Å². The number of aliphatic hydroxyl groups is 2. The summed E-state index contributed by atoms with van der Waals surface area (Å²) in [6.45, 7) is 2.53. The van der Waals surface area contributed by atoms with Crippen molar-refractivity contribution in [1.29, 1.82) is 0 Å². The van der Waals surface area contributed by atoms with Gasteiger partial charge in [-0.15, -0.1) is 0 Å². The summed E-state index contributed by atoms with van der Waals surface area (Å²) >= 11 is 0.